The summed E-state index contributed by atoms with van der Waals surface area (Å²) in [5, 5.41) is 0. The van der Waals surface area contributed by atoms with Crippen molar-refractivity contribution in [3.63, 3.8) is 0 Å². The zero-order valence-corrected chi connectivity index (χ0v) is 5.25. The summed E-state index contributed by atoms with van der Waals surface area (Å²) >= 11 is 0. The first-order chi connectivity index (χ1) is 4.86. The van der Waals surface area contributed by atoms with Gasteiger partial charge in [0.05, 0.1) is 0 Å². The number of hydrogen-bond acceptors (Lipinski definition) is 2. The van der Waals surface area contributed by atoms with Crippen molar-refractivity contribution in [2.24, 2.45) is 0 Å². The largest absolute Gasteiger partial charge is 0.296 e. The van der Waals surface area contributed by atoms with Gasteiger partial charge >= 0.3 is 0 Å². The van der Waals surface area contributed by atoms with Gasteiger partial charge in [-0.15, -0.1) is 0 Å². The molecule has 1 aromatic heterocycles. The van der Waals surface area contributed by atoms with Crippen LogP contribution in [0.4, 0.5) is 4.39 Å². The molecular formula is C7H6FNO. The fourth-order valence-electron chi connectivity index (χ4n) is 0.642. The van der Waals surface area contributed by atoms with Gasteiger partial charge in [-0.05, 0) is 17.7 Å². The van der Waals surface area contributed by atoms with Gasteiger partial charge in [0.1, 0.15) is 12.4 Å². The Kier molecular flexibility index (Phi) is 2.10. The second-order valence-corrected chi connectivity index (χ2v) is 1.84. The van der Waals surface area contributed by atoms with Crippen LogP contribution in [0.15, 0.2) is 18.3 Å². The number of aromatic nitrogens is 1. The Labute approximate surface area is 57.7 Å². The Morgan fingerprint density at radius 3 is 3.10 bits per heavy atom. The number of carbonyl (C=O) groups excluding carboxylic acids is 1. The molecule has 0 saturated carbocycles. The van der Waals surface area contributed by atoms with E-state index in [1.165, 1.54) is 18.3 Å². The zero-order chi connectivity index (χ0) is 7.40. The van der Waals surface area contributed by atoms with Crippen molar-refractivity contribution in [1.29, 1.82) is 0 Å². The maximum Gasteiger partial charge on any atom is 0.168 e. The topological polar surface area (TPSA) is 30.0 Å². The first-order valence-electron chi connectivity index (χ1n) is 2.83. The second kappa shape index (κ2) is 3.06. The van der Waals surface area contributed by atoms with E-state index in [-0.39, 0.29) is 5.69 Å². The standard InChI is InChI=1S/C7H6FNO/c8-4-6-1-2-9-7(3-6)5-10/h1-3,5H,4H2. The lowest BCUT2D eigenvalue weighted by Gasteiger charge is -1.92. The molecule has 0 unspecified atom stereocenters. The number of aldehydes is 1. The summed E-state index contributed by atoms with van der Waals surface area (Å²) in [7, 11) is 0. The molecule has 0 radical (unpaired) electrons. The van der Waals surface area contributed by atoms with Gasteiger partial charge in [-0.2, -0.15) is 0 Å². The van der Waals surface area contributed by atoms with Crippen molar-refractivity contribution in [2.45, 2.75) is 6.67 Å². The van der Waals surface area contributed by atoms with Crippen molar-refractivity contribution < 1.29 is 9.18 Å². The van der Waals surface area contributed by atoms with Crippen LogP contribution in [0.3, 0.4) is 0 Å². The van der Waals surface area contributed by atoms with E-state index in [1.807, 2.05) is 0 Å². The van der Waals surface area contributed by atoms with Gasteiger partial charge in [0.2, 0.25) is 0 Å². The molecule has 52 valence electrons. The molecule has 0 saturated heterocycles. The number of rotatable bonds is 2. The Morgan fingerprint density at radius 2 is 2.50 bits per heavy atom. The van der Waals surface area contributed by atoms with E-state index in [0.29, 0.717) is 11.8 Å². The molecule has 10 heavy (non-hydrogen) atoms. The van der Waals surface area contributed by atoms with Crippen molar-refractivity contribution >= 4 is 6.29 Å². The summed E-state index contributed by atoms with van der Waals surface area (Å²) in [5.74, 6) is 0. The summed E-state index contributed by atoms with van der Waals surface area (Å²) in [6.45, 7) is -0.552. The molecule has 0 amide bonds. The van der Waals surface area contributed by atoms with Crippen LogP contribution < -0.4 is 0 Å². The van der Waals surface area contributed by atoms with Gasteiger partial charge in [0.15, 0.2) is 6.29 Å². The zero-order valence-electron chi connectivity index (χ0n) is 5.25. The van der Waals surface area contributed by atoms with Crippen LogP contribution in [0.1, 0.15) is 16.1 Å². The molecule has 1 aromatic rings. The lowest BCUT2D eigenvalue weighted by Crippen LogP contribution is -1.87. The molecule has 0 aliphatic rings. The summed E-state index contributed by atoms with van der Waals surface area (Å²) in [6, 6.07) is 2.96. The Bertz CT molecular complexity index is 237. The average Bonchev–Trinajstić information content (AvgIpc) is 2.05. The normalized spacial score (nSPS) is 9.30. The molecule has 0 N–H and O–H groups in total. The van der Waals surface area contributed by atoms with Crippen LogP contribution in [-0.2, 0) is 6.67 Å². The lowest BCUT2D eigenvalue weighted by molar-refractivity contribution is 0.111. The third-order valence-electron chi connectivity index (χ3n) is 1.12. The van der Waals surface area contributed by atoms with Gasteiger partial charge < -0.3 is 0 Å². The monoisotopic (exact) mass is 139 g/mol. The summed E-state index contributed by atoms with van der Waals surface area (Å²) in [6.07, 6.45) is 2.01. The van der Waals surface area contributed by atoms with Gasteiger partial charge in [0, 0.05) is 6.20 Å². The van der Waals surface area contributed by atoms with Crippen LogP contribution in [0, 0.1) is 0 Å². The number of halogens is 1. The molecule has 0 aromatic carbocycles. The number of pyridine rings is 1. The van der Waals surface area contributed by atoms with Crippen LogP contribution in [0.5, 0.6) is 0 Å². The summed E-state index contributed by atoms with van der Waals surface area (Å²) < 4.78 is 11.9. The molecular weight excluding hydrogens is 133 g/mol. The van der Waals surface area contributed by atoms with E-state index < -0.39 is 6.67 Å². The van der Waals surface area contributed by atoms with E-state index in [0.717, 1.165) is 0 Å². The SMILES string of the molecule is O=Cc1cc(CF)ccn1. The fraction of sp³-hybridized carbons (Fsp3) is 0.143. The molecule has 0 bridgehead atoms. The van der Waals surface area contributed by atoms with E-state index in [9.17, 15) is 9.18 Å². The van der Waals surface area contributed by atoms with Crippen LogP contribution in [-0.4, -0.2) is 11.3 Å². The maximum absolute atomic E-state index is 11.9. The van der Waals surface area contributed by atoms with E-state index in [4.69, 9.17) is 0 Å². The third-order valence-corrected chi connectivity index (χ3v) is 1.12. The highest BCUT2D eigenvalue weighted by Gasteiger charge is 1.93. The molecule has 0 atom stereocenters. The molecule has 0 aliphatic carbocycles. The quantitative estimate of drug-likeness (QED) is 0.579. The van der Waals surface area contributed by atoms with Gasteiger partial charge in [0.25, 0.3) is 0 Å². The Balaban J connectivity index is 2.98. The average molecular weight is 139 g/mol. The van der Waals surface area contributed by atoms with Crippen molar-refractivity contribution in [3.8, 4) is 0 Å². The van der Waals surface area contributed by atoms with Crippen molar-refractivity contribution in [1.82, 2.24) is 4.98 Å². The first-order valence-corrected chi connectivity index (χ1v) is 2.83. The highest BCUT2D eigenvalue weighted by atomic mass is 19.1. The van der Waals surface area contributed by atoms with Crippen LogP contribution in [0.25, 0.3) is 0 Å². The fourth-order valence-corrected chi connectivity index (χ4v) is 0.642. The van der Waals surface area contributed by atoms with Gasteiger partial charge in [-0.1, -0.05) is 0 Å². The maximum atomic E-state index is 11.9. The highest BCUT2D eigenvalue weighted by Crippen LogP contribution is 2.00. The second-order valence-electron chi connectivity index (χ2n) is 1.84. The number of nitrogens with zero attached hydrogens (tertiary/aromatic N) is 1. The predicted molar refractivity (Wildman–Crippen MR) is 34.4 cm³/mol. The van der Waals surface area contributed by atoms with Gasteiger partial charge in [-0.25, -0.2) is 4.39 Å². The Morgan fingerprint density at radius 1 is 1.70 bits per heavy atom. The van der Waals surface area contributed by atoms with Crippen LogP contribution in [0.2, 0.25) is 0 Å². The molecule has 0 aliphatic heterocycles. The predicted octanol–water partition coefficient (Wildman–Crippen LogP) is 1.36. The summed E-state index contributed by atoms with van der Waals surface area (Å²) in [4.78, 5) is 13.8. The Hall–Kier alpha value is -1.25. The molecule has 0 spiro atoms. The van der Waals surface area contributed by atoms with Crippen LogP contribution >= 0.6 is 0 Å². The highest BCUT2D eigenvalue weighted by molar-refractivity contribution is 5.71. The molecule has 0 fully saturated rings. The van der Waals surface area contributed by atoms with E-state index in [2.05, 4.69) is 4.98 Å². The van der Waals surface area contributed by atoms with E-state index in [1.54, 1.807) is 0 Å². The third kappa shape index (κ3) is 1.37. The van der Waals surface area contributed by atoms with Crippen molar-refractivity contribution in [3.05, 3.63) is 29.6 Å². The van der Waals surface area contributed by atoms with Crippen molar-refractivity contribution in [2.75, 3.05) is 0 Å². The first kappa shape index (κ1) is 6.86. The minimum atomic E-state index is -0.552. The van der Waals surface area contributed by atoms with Gasteiger partial charge in [-0.3, -0.25) is 9.78 Å². The number of carbonyl (C=O) groups is 1. The lowest BCUT2D eigenvalue weighted by atomic mass is 10.2. The minimum absolute atomic E-state index is 0.273. The summed E-state index contributed by atoms with van der Waals surface area (Å²) in [5.41, 5.74) is 0.757. The smallest absolute Gasteiger partial charge is 0.168 e. The molecule has 1 heterocycles. The number of hydrogen-bond donors (Lipinski definition) is 0. The molecule has 2 nitrogen and oxygen atoms in total. The van der Waals surface area contributed by atoms with E-state index >= 15 is 0 Å². The number of alkyl halides is 1. The molecule has 1 rings (SSSR count). The minimum Gasteiger partial charge on any atom is -0.296 e. The molecule has 3 heteroatoms.